The summed E-state index contributed by atoms with van der Waals surface area (Å²) in [6.45, 7) is 1.93. The van der Waals surface area contributed by atoms with Crippen molar-refractivity contribution in [3.8, 4) is 0 Å². The summed E-state index contributed by atoms with van der Waals surface area (Å²) in [6, 6.07) is 0. The molecule has 2 heterocycles. The summed E-state index contributed by atoms with van der Waals surface area (Å²) in [5.74, 6) is -0.0449. The molecule has 0 radical (unpaired) electrons. The molecule has 1 atom stereocenters. The largest absolute Gasteiger partial charge is 0.351 e. The fourth-order valence-corrected chi connectivity index (χ4v) is 3.73. The van der Waals surface area contributed by atoms with Gasteiger partial charge in [-0.1, -0.05) is 0 Å². The Morgan fingerprint density at radius 2 is 2.41 bits per heavy atom. The van der Waals surface area contributed by atoms with E-state index in [1.54, 1.807) is 6.92 Å². The Morgan fingerprint density at radius 1 is 1.65 bits per heavy atom. The maximum absolute atomic E-state index is 11.7. The molecule has 0 spiro atoms. The number of nitrogens with one attached hydrogen (secondary N) is 2. The normalized spacial score (nSPS) is 22.5. The molecule has 1 aromatic rings. The maximum atomic E-state index is 11.7. The topological polar surface area (TPSA) is 91.9 Å². The van der Waals surface area contributed by atoms with E-state index in [-0.39, 0.29) is 18.2 Å². The van der Waals surface area contributed by atoms with Crippen LogP contribution in [-0.4, -0.2) is 42.1 Å². The first-order chi connectivity index (χ1) is 8.00. The van der Waals surface area contributed by atoms with Crippen molar-refractivity contribution in [2.75, 3.05) is 12.3 Å². The van der Waals surface area contributed by atoms with Crippen LogP contribution in [0.1, 0.15) is 28.9 Å². The molecule has 1 fully saturated rings. The molecule has 1 aliphatic heterocycles. The zero-order valence-electron chi connectivity index (χ0n) is 9.56. The molecule has 6 nitrogen and oxygen atoms in total. The van der Waals surface area contributed by atoms with Gasteiger partial charge in [0.2, 0.25) is 0 Å². The van der Waals surface area contributed by atoms with E-state index in [2.05, 4.69) is 15.5 Å². The Labute approximate surface area is 99.7 Å². The fraction of sp³-hybridized carbons (Fsp3) is 0.600. The lowest BCUT2D eigenvalue weighted by Gasteiger charge is -2.10. The van der Waals surface area contributed by atoms with Gasteiger partial charge in [0, 0.05) is 12.2 Å². The van der Waals surface area contributed by atoms with E-state index in [4.69, 9.17) is 0 Å². The lowest BCUT2D eigenvalue weighted by atomic mass is 10.2. The second kappa shape index (κ2) is 4.48. The predicted octanol–water partition coefficient (Wildman–Crippen LogP) is 0.0251. The van der Waals surface area contributed by atoms with E-state index < -0.39 is 15.1 Å². The number of H-pyrrole nitrogens is 1. The lowest BCUT2D eigenvalue weighted by molar-refractivity contribution is 0.0953. The van der Waals surface area contributed by atoms with Gasteiger partial charge in [0.15, 0.2) is 9.84 Å². The van der Waals surface area contributed by atoms with Crippen LogP contribution in [0.5, 0.6) is 0 Å². The average Bonchev–Trinajstić information content (AvgIpc) is 2.81. The molecule has 1 unspecified atom stereocenters. The number of hydrogen-bond donors (Lipinski definition) is 2. The first-order valence-corrected chi connectivity index (χ1v) is 7.22. The standard InChI is InChI=1S/C10H15N3O3S/c1-7-9(6-12-13-7)10(14)11-5-8-3-2-4-17(8,15)16/h6,8H,2-5H2,1H3,(H,11,14)(H,12,13). The maximum Gasteiger partial charge on any atom is 0.254 e. The summed E-state index contributed by atoms with van der Waals surface area (Å²) in [4.78, 5) is 11.7. The van der Waals surface area contributed by atoms with E-state index in [1.165, 1.54) is 6.20 Å². The highest BCUT2D eigenvalue weighted by atomic mass is 32.2. The Morgan fingerprint density at radius 3 is 2.94 bits per heavy atom. The Kier molecular flexibility index (Phi) is 3.19. The molecule has 1 aliphatic rings. The molecule has 0 bridgehead atoms. The molecule has 1 amide bonds. The quantitative estimate of drug-likeness (QED) is 0.798. The Bertz CT molecular complexity index is 521. The van der Waals surface area contributed by atoms with Crippen molar-refractivity contribution < 1.29 is 13.2 Å². The van der Waals surface area contributed by atoms with Crippen LogP contribution in [0.25, 0.3) is 0 Å². The summed E-state index contributed by atoms with van der Waals surface area (Å²) in [5, 5.41) is 8.63. The molecule has 2 rings (SSSR count). The van der Waals surface area contributed by atoms with Gasteiger partial charge in [0.05, 0.1) is 22.8 Å². The number of amides is 1. The van der Waals surface area contributed by atoms with Gasteiger partial charge in [0.25, 0.3) is 5.91 Å². The van der Waals surface area contributed by atoms with Gasteiger partial charge in [-0.2, -0.15) is 5.10 Å². The van der Waals surface area contributed by atoms with Crippen molar-refractivity contribution in [1.29, 1.82) is 0 Å². The van der Waals surface area contributed by atoms with E-state index in [0.29, 0.717) is 24.1 Å². The Balaban J connectivity index is 1.96. The minimum atomic E-state index is -3.00. The molecule has 94 valence electrons. The Hall–Kier alpha value is -1.37. The number of aryl methyl sites for hydroxylation is 1. The minimum absolute atomic E-state index is 0.186. The third-order valence-electron chi connectivity index (χ3n) is 3.03. The highest BCUT2D eigenvalue weighted by molar-refractivity contribution is 7.92. The number of rotatable bonds is 3. The van der Waals surface area contributed by atoms with Crippen molar-refractivity contribution in [1.82, 2.24) is 15.5 Å². The third-order valence-corrected chi connectivity index (χ3v) is 5.30. The van der Waals surface area contributed by atoms with Crippen LogP contribution in [0.3, 0.4) is 0 Å². The number of hydrogen-bond acceptors (Lipinski definition) is 4. The smallest absolute Gasteiger partial charge is 0.254 e. The van der Waals surface area contributed by atoms with E-state index in [0.717, 1.165) is 0 Å². The molecule has 1 aromatic heterocycles. The van der Waals surface area contributed by atoms with Crippen LogP contribution < -0.4 is 5.32 Å². The highest BCUT2D eigenvalue weighted by Gasteiger charge is 2.31. The molecule has 7 heteroatoms. The molecule has 17 heavy (non-hydrogen) atoms. The molecular weight excluding hydrogens is 242 g/mol. The number of aromatic nitrogens is 2. The van der Waals surface area contributed by atoms with Crippen molar-refractivity contribution in [3.05, 3.63) is 17.5 Å². The molecule has 0 aliphatic carbocycles. The molecule has 0 saturated carbocycles. The van der Waals surface area contributed by atoms with Gasteiger partial charge in [-0.25, -0.2) is 8.42 Å². The van der Waals surface area contributed by atoms with Crippen molar-refractivity contribution in [2.45, 2.75) is 25.0 Å². The van der Waals surface area contributed by atoms with Crippen molar-refractivity contribution >= 4 is 15.7 Å². The minimum Gasteiger partial charge on any atom is -0.351 e. The van der Waals surface area contributed by atoms with Crippen LogP contribution in [0.2, 0.25) is 0 Å². The van der Waals surface area contributed by atoms with E-state index >= 15 is 0 Å². The van der Waals surface area contributed by atoms with E-state index in [9.17, 15) is 13.2 Å². The zero-order chi connectivity index (χ0) is 12.5. The average molecular weight is 257 g/mol. The van der Waals surface area contributed by atoms with Crippen LogP contribution in [0.15, 0.2) is 6.20 Å². The van der Waals surface area contributed by atoms with Gasteiger partial charge in [-0.15, -0.1) is 0 Å². The number of nitrogens with zero attached hydrogens (tertiary/aromatic N) is 1. The number of sulfone groups is 1. The van der Waals surface area contributed by atoms with Crippen LogP contribution in [0.4, 0.5) is 0 Å². The van der Waals surface area contributed by atoms with Gasteiger partial charge >= 0.3 is 0 Å². The van der Waals surface area contributed by atoms with Crippen molar-refractivity contribution in [3.63, 3.8) is 0 Å². The molecule has 0 aromatic carbocycles. The number of carbonyl (C=O) groups excluding carboxylic acids is 1. The van der Waals surface area contributed by atoms with Crippen LogP contribution >= 0.6 is 0 Å². The monoisotopic (exact) mass is 257 g/mol. The van der Waals surface area contributed by atoms with Gasteiger partial charge in [-0.3, -0.25) is 9.89 Å². The second-order valence-electron chi connectivity index (χ2n) is 4.25. The second-order valence-corrected chi connectivity index (χ2v) is 6.65. The summed E-state index contributed by atoms with van der Waals surface area (Å²) in [7, 11) is -3.00. The van der Waals surface area contributed by atoms with Gasteiger partial charge in [0.1, 0.15) is 0 Å². The van der Waals surface area contributed by atoms with Crippen LogP contribution in [-0.2, 0) is 9.84 Å². The highest BCUT2D eigenvalue weighted by Crippen LogP contribution is 2.19. The van der Waals surface area contributed by atoms with Gasteiger partial charge < -0.3 is 5.32 Å². The van der Waals surface area contributed by atoms with Crippen molar-refractivity contribution in [2.24, 2.45) is 0 Å². The lowest BCUT2D eigenvalue weighted by Crippen LogP contribution is -2.34. The summed E-state index contributed by atoms with van der Waals surface area (Å²) in [6.07, 6.45) is 2.76. The van der Waals surface area contributed by atoms with E-state index in [1.807, 2.05) is 0 Å². The number of aromatic amines is 1. The predicted molar refractivity (Wildman–Crippen MR) is 62.5 cm³/mol. The summed E-state index contributed by atoms with van der Waals surface area (Å²) < 4.78 is 23.1. The number of carbonyl (C=O) groups is 1. The fourth-order valence-electron chi connectivity index (χ4n) is 1.97. The van der Waals surface area contributed by atoms with Gasteiger partial charge in [-0.05, 0) is 19.8 Å². The summed E-state index contributed by atoms with van der Waals surface area (Å²) in [5.41, 5.74) is 1.14. The summed E-state index contributed by atoms with van der Waals surface area (Å²) >= 11 is 0. The SMILES string of the molecule is Cc1[nH]ncc1C(=O)NCC1CCCS1(=O)=O. The first-order valence-electron chi connectivity index (χ1n) is 5.50. The molecule has 2 N–H and O–H groups in total. The molecule has 1 saturated heterocycles. The third kappa shape index (κ3) is 2.49. The first kappa shape index (κ1) is 12.1. The van der Waals surface area contributed by atoms with Crippen LogP contribution in [0, 0.1) is 6.92 Å². The molecular formula is C10H15N3O3S. The zero-order valence-corrected chi connectivity index (χ0v) is 10.4.